The minimum atomic E-state index is -1.05. The number of amides is 1. The van der Waals surface area contributed by atoms with Crippen molar-refractivity contribution in [1.29, 1.82) is 0 Å². The van der Waals surface area contributed by atoms with Gasteiger partial charge in [-0.1, -0.05) is 0 Å². The average molecular weight is 158 g/mol. The lowest BCUT2D eigenvalue weighted by atomic mass is 10.5. The Morgan fingerprint density at radius 2 is 2.60 bits per heavy atom. The first-order chi connectivity index (χ1) is 4.68. The number of nitrogens with one attached hydrogen (secondary N) is 1. The third-order valence-electron chi connectivity index (χ3n) is 0.858. The molecule has 5 heteroatoms. The summed E-state index contributed by atoms with van der Waals surface area (Å²) in [5, 5.41) is 11.0. The first kappa shape index (κ1) is 7.01. The molecule has 1 aromatic rings. The van der Waals surface area contributed by atoms with E-state index in [1.165, 1.54) is 0 Å². The lowest BCUT2D eigenvalue weighted by Crippen LogP contribution is -2.05. The van der Waals surface area contributed by atoms with Gasteiger partial charge in [0.05, 0.1) is 5.69 Å². The highest BCUT2D eigenvalue weighted by Gasteiger charge is 1.99. The smallest absolute Gasteiger partial charge is 0.409 e. The van der Waals surface area contributed by atoms with Crippen molar-refractivity contribution in [2.24, 2.45) is 0 Å². The Bertz CT molecular complexity index is 246. The lowest BCUT2D eigenvalue weighted by molar-refractivity contribution is 0.210. The fourth-order valence-corrected chi connectivity index (χ4v) is 1.18. The van der Waals surface area contributed by atoms with Crippen molar-refractivity contribution in [3.63, 3.8) is 0 Å². The van der Waals surface area contributed by atoms with Crippen molar-refractivity contribution in [2.45, 2.75) is 6.92 Å². The van der Waals surface area contributed by atoms with Crippen molar-refractivity contribution in [1.82, 2.24) is 4.37 Å². The van der Waals surface area contributed by atoms with Crippen LogP contribution in [0.1, 0.15) is 5.69 Å². The number of anilines is 1. The third-order valence-corrected chi connectivity index (χ3v) is 1.65. The highest BCUT2D eigenvalue weighted by molar-refractivity contribution is 7.10. The summed E-state index contributed by atoms with van der Waals surface area (Å²) in [5.41, 5.74) is 0.828. The van der Waals surface area contributed by atoms with Gasteiger partial charge in [0.15, 0.2) is 0 Å². The van der Waals surface area contributed by atoms with E-state index in [1.54, 1.807) is 6.07 Å². The fraction of sp³-hybridized carbons (Fsp3) is 0.200. The minimum Gasteiger partial charge on any atom is -0.465 e. The average Bonchev–Trinajstić information content (AvgIpc) is 2.13. The van der Waals surface area contributed by atoms with E-state index in [9.17, 15) is 4.79 Å². The first-order valence-corrected chi connectivity index (χ1v) is 3.39. The molecule has 0 aromatic carbocycles. The fourth-order valence-electron chi connectivity index (χ4n) is 0.528. The van der Waals surface area contributed by atoms with E-state index in [1.807, 2.05) is 6.92 Å². The summed E-state index contributed by atoms with van der Waals surface area (Å²) in [6.07, 6.45) is -1.05. The summed E-state index contributed by atoms with van der Waals surface area (Å²) in [6.45, 7) is 1.81. The molecule has 0 aliphatic heterocycles. The molecule has 1 amide bonds. The summed E-state index contributed by atoms with van der Waals surface area (Å²) in [5.74, 6) is 0. The maximum absolute atomic E-state index is 10.0. The molecule has 0 bridgehead atoms. The van der Waals surface area contributed by atoms with Crippen molar-refractivity contribution in [3.05, 3.63) is 11.8 Å². The monoisotopic (exact) mass is 158 g/mol. The second-order valence-corrected chi connectivity index (χ2v) is 2.57. The van der Waals surface area contributed by atoms with Gasteiger partial charge in [-0.25, -0.2) is 4.79 Å². The lowest BCUT2D eigenvalue weighted by Gasteiger charge is -1.89. The number of aryl methyl sites for hydroxylation is 1. The van der Waals surface area contributed by atoms with Gasteiger partial charge >= 0.3 is 6.09 Å². The van der Waals surface area contributed by atoms with Gasteiger partial charge in [-0.3, -0.25) is 5.32 Å². The zero-order chi connectivity index (χ0) is 7.56. The molecular formula is C5H6N2O2S. The van der Waals surface area contributed by atoms with Crippen LogP contribution in [0, 0.1) is 6.92 Å². The van der Waals surface area contributed by atoms with E-state index < -0.39 is 6.09 Å². The Hall–Kier alpha value is -1.10. The molecular weight excluding hydrogens is 152 g/mol. The zero-order valence-electron chi connectivity index (χ0n) is 5.29. The molecule has 0 saturated carbocycles. The standard InChI is InChI=1S/C5H6N2O2S/c1-3-2-4(10-7-3)6-5(8)9/h2,6H,1H3,(H,8,9). The normalized spacial score (nSPS) is 9.30. The predicted molar refractivity (Wildman–Crippen MR) is 38.5 cm³/mol. The van der Waals surface area contributed by atoms with Gasteiger partial charge in [0.2, 0.25) is 0 Å². The molecule has 4 nitrogen and oxygen atoms in total. The molecule has 0 fully saturated rings. The summed E-state index contributed by atoms with van der Waals surface area (Å²) in [4.78, 5) is 10.0. The number of carboxylic acid groups (broad SMARTS) is 1. The van der Waals surface area contributed by atoms with Gasteiger partial charge in [-0.15, -0.1) is 0 Å². The second-order valence-electron chi connectivity index (χ2n) is 1.76. The van der Waals surface area contributed by atoms with E-state index in [0.29, 0.717) is 5.00 Å². The Balaban J connectivity index is 2.67. The second kappa shape index (κ2) is 2.66. The van der Waals surface area contributed by atoms with E-state index in [-0.39, 0.29) is 0 Å². The molecule has 0 radical (unpaired) electrons. The summed E-state index contributed by atoms with van der Waals surface area (Å²) >= 11 is 1.14. The van der Waals surface area contributed by atoms with Crippen LogP contribution in [0.5, 0.6) is 0 Å². The highest BCUT2D eigenvalue weighted by atomic mass is 32.1. The van der Waals surface area contributed by atoms with E-state index >= 15 is 0 Å². The highest BCUT2D eigenvalue weighted by Crippen LogP contribution is 2.14. The Morgan fingerprint density at radius 3 is 3.00 bits per heavy atom. The maximum atomic E-state index is 10.0. The van der Waals surface area contributed by atoms with Crippen LogP contribution in [-0.4, -0.2) is 15.6 Å². The van der Waals surface area contributed by atoms with Gasteiger partial charge in [-0.05, 0) is 24.5 Å². The predicted octanol–water partition coefficient (Wildman–Crippen LogP) is 1.54. The number of hydrogen-bond acceptors (Lipinski definition) is 3. The number of nitrogens with zero attached hydrogens (tertiary/aromatic N) is 1. The SMILES string of the molecule is Cc1cc(NC(=O)O)sn1. The van der Waals surface area contributed by atoms with Gasteiger partial charge in [0.25, 0.3) is 0 Å². The van der Waals surface area contributed by atoms with E-state index in [0.717, 1.165) is 17.2 Å². The summed E-state index contributed by atoms with van der Waals surface area (Å²) < 4.78 is 3.89. The van der Waals surface area contributed by atoms with Crippen molar-refractivity contribution >= 4 is 22.6 Å². The Labute approximate surface area is 61.7 Å². The van der Waals surface area contributed by atoms with Crippen LogP contribution >= 0.6 is 11.5 Å². The van der Waals surface area contributed by atoms with Crippen LogP contribution in [0.25, 0.3) is 0 Å². The largest absolute Gasteiger partial charge is 0.465 e. The van der Waals surface area contributed by atoms with Crippen molar-refractivity contribution < 1.29 is 9.90 Å². The quantitative estimate of drug-likeness (QED) is 0.651. The Kier molecular flexibility index (Phi) is 1.86. The minimum absolute atomic E-state index is 0.560. The number of rotatable bonds is 1. The van der Waals surface area contributed by atoms with Crippen LogP contribution < -0.4 is 5.32 Å². The molecule has 1 rings (SSSR count). The van der Waals surface area contributed by atoms with Crippen LogP contribution in [-0.2, 0) is 0 Å². The van der Waals surface area contributed by atoms with Gasteiger partial charge in [-0.2, -0.15) is 4.37 Å². The van der Waals surface area contributed by atoms with E-state index in [4.69, 9.17) is 5.11 Å². The molecule has 1 heterocycles. The molecule has 2 N–H and O–H groups in total. The van der Waals surface area contributed by atoms with Gasteiger partial charge < -0.3 is 5.11 Å². The molecule has 0 saturated heterocycles. The first-order valence-electron chi connectivity index (χ1n) is 2.62. The summed E-state index contributed by atoms with van der Waals surface area (Å²) in [6, 6.07) is 1.68. The Morgan fingerprint density at radius 1 is 1.90 bits per heavy atom. The molecule has 10 heavy (non-hydrogen) atoms. The van der Waals surface area contributed by atoms with Gasteiger partial charge in [0.1, 0.15) is 5.00 Å². The number of aromatic nitrogens is 1. The van der Waals surface area contributed by atoms with Gasteiger partial charge in [0, 0.05) is 0 Å². The van der Waals surface area contributed by atoms with Crippen LogP contribution in [0.3, 0.4) is 0 Å². The van der Waals surface area contributed by atoms with Crippen LogP contribution in [0.4, 0.5) is 9.80 Å². The number of hydrogen-bond donors (Lipinski definition) is 2. The van der Waals surface area contributed by atoms with Crippen LogP contribution in [0.15, 0.2) is 6.07 Å². The third kappa shape index (κ3) is 1.70. The molecule has 0 aliphatic carbocycles. The maximum Gasteiger partial charge on any atom is 0.409 e. The summed E-state index contributed by atoms with van der Waals surface area (Å²) in [7, 11) is 0. The van der Waals surface area contributed by atoms with Crippen molar-refractivity contribution in [3.8, 4) is 0 Å². The van der Waals surface area contributed by atoms with E-state index in [2.05, 4.69) is 9.69 Å². The van der Waals surface area contributed by atoms with Crippen LogP contribution in [0.2, 0.25) is 0 Å². The number of carbonyl (C=O) groups is 1. The van der Waals surface area contributed by atoms with Crippen molar-refractivity contribution in [2.75, 3.05) is 5.32 Å². The molecule has 0 spiro atoms. The molecule has 0 unspecified atom stereocenters. The molecule has 54 valence electrons. The molecule has 1 aromatic heterocycles. The molecule has 0 aliphatic rings. The topological polar surface area (TPSA) is 62.2 Å². The zero-order valence-corrected chi connectivity index (χ0v) is 6.10. The molecule has 0 atom stereocenters.